The summed E-state index contributed by atoms with van der Waals surface area (Å²) in [5.41, 5.74) is 2.35. The molecule has 158 valence electrons. The average molecular weight is 398 g/mol. The molecule has 29 heavy (non-hydrogen) atoms. The fourth-order valence-corrected chi connectivity index (χ4v) is 5.25. The third kappa shape index (κ3) is 5.00. The molecule has 1 atom stereocenters. The first-order valence-electron chi connectivity index (χ1n) is 11.6. The van der Waals surface area contributed by atoms with Gasteiger partial charge >= 0.3 is 0 Å². The quantitative estimate of drug-likeness (QED) is 0.792. The van der Waals surface area contributed by atoms with E-state index in [2.05, 4.69) is 28.4 Å². The summed E-state index contributed by atoms with van der Waals surface area (Å²) in [5, 5.41) is 3.26. The summed E-state index contributed by atoms with van der Waals surface area (Å²) < 4.78 is 0. The minimum atomic E-state index is -0.321. The van der Waals surface area contributed by atoms with Crippen molar-refractivity contribution in [1.82, 2.24) is 15.1 Å². The van der Waals surface area contributed by atoms with Crippen LogP contribution in [-0.4, -0.2) is 53.8 Å². The van der Waals surface area contributed by atoms with E-state index in [0.717, 1.165) is 57.3 Å². The Morgan fingerprint density at radius 3 is 2.34 bits per heavy atom. The van der Waals surface area contributed by atoms with E-state index >= 15 is 0 Å². The van der Waals surface area contributed by atoms with Gasteiger partial charge in [-0.15, -0.1) is 0 Å². The average Bonchev–Trinajstić information content (AvgIpc) is 3.02. The van der Waals surface area contributed by atoms with E-state index in [0.29, 0.717) is 12.6 Å². The van der Waals surface area contributed by atoms with E-state index in [4.69, 9.17) is 0 Å². The van der Waals surface area contributed by atoms with E-state index in [9.17, 15) is 9.59 Å². The van der Waals surface area contributed by atoms with Crippen LogP contribution < -0.4 is 5.32 Å². The van der Waals surface area contributed by atoms with Crippen LogP contribution in [0.25, 0.3) is 0 Å². The second kappa shape index (κ2) is 9.75. The molecule has 1 N–H and O–H groups in total. The smallest absolute Gasteiger partial charge is 0.244 e. The number of hydrogen-bond donors (Lipinski definition) is 1. The number of amides is 2. The van der Waals surface area contributed by atoms with Crippen LogP contribution in [0.2, 0.25) is 0 Å². The zero-order valence-corrected chi connectivity index (χ0v) is 17.6. The molecule has 0 radical (unpaired) electrons. The van der Waals surface area contributed by atoms with Gasteiger partial charge in [-0.1, -0.05) is 49.9 Å². The van der Waals surface area contributed by atoms with Crippen LogP contribution in [0.15, 0.2) is 24.3 Å². The van der Waals surface area contributed by atoms with Crippen molar-refractivity contribution in [3.05, 3.63) is 35.4 Å². The van der Waals surface area contributed by atoms with Crippen molar-refractivity contribution in [3.8, 4) is 0 Å². The van der Waals surface area contributed by atoms with Crippen LogP contribution in [-0.2, 0) is 16.0 Å². The molecule has 5 nitrogen and oxygen atoms in total. The molecule has 2 aliphatic heterocycles. The first kappa shape index (κ1) is 20.4. The second-order valence-electron chi connectivity index (χ2n) is 8.96. The monoisotopic (exact) mass is 397 g/mol. The fraction of sp³-hybridized carbons (Fsp3) is 0.667. The van der Waals surface area contributed by atoms with Crippen LogP contribution >= 0.6 is 0 Å². The maximum atomic E-state index is 13.5. The lowest BCUT2D eigenvalue weighted by Crippen LogP contribution is -2.51. The molecule has 0 spiro atoms. The fourth-order valence-electron chi connectivity index (χ4n) is 5.25. The summed E-state index contributed by atoms with van der Waals surface area (Å²) in [4.78, 5) is 30.5. The van der Waals surface area contributed by atoms with Gasteiger partial charge in [-0.05, 0) is 49.7 Å². The highest BCUT2D eigenvalue weighted by Crippen LogP contribution is 2.32. The van der Waals surface area contributed by atoms with Gasteiger partial charge < -0.3 is 10.2 Å². The van der Waals surface area contributed by atoms with Gasteiger partial charge in [0.1, 0.15) is 6.04 Å². The maximum Gasteiger partial charge on any atom is 0.244 e. The second-order valence-corrected chi connectivity index (χ2v) is 8.96. The largest absolute Gasteiger partial charge is 0.352 e. The Morgan fingerprint density at radius 1 is 0.897 bits per heavy atom. The number of likely N-dealkylation sites (tertiary alicyclic amines) is 1. The van der Waals surface area contributed by atoms with Gasteiger partial charge in [-0.2, -0.15) is 0 Å². The summed E-state index contributed by atoms with van der Waals surface area (Å²) in [5.74, 6) is 0.256. The summed E-state index contributed by atoms with van der Waals surface area (Å²) in [6, 6.07) is 8.27. The van der Waals surface area contributed by atoms with Crippen LogP contribution in [0.3, 0.4) is 0 Å². The Kier molecular flexibility index (Phi) is 6.86. The number of carbonyl (C=O) groups is 2. The van der Waals surface area contributed by atoms with Crippen molar-refractivity contribution < 1.29 is 9.59 Å². The zero-order chi connectivity index (χ0) is 20.1. The predicted molar refractivity (Wildman–Crippen MR) is 115 cm³/mol. The predicted octanol–water partition coefficient (Wildman–Crippen LogP) is 3.44. The Labute approximate surface area is 174 Å². The number of benzene rings is 1. The molecular weight excluding hydrogens is 362 g/mol. The van der Waals surface area contributed by atoms with Gasteiger partial charge in [-0.3, -0.25) is 14.5 Å². The summed E-state index contributed by atoms with van der Waals surface area (Å²) in [7, 11) is 0. The minimum absolute atomic E-state index is 0.0766. The normalized spacial score (nSPS) is 23.9. The highest BCUT2D eigenvalue weighted by atomic mass is 16.2. The van der Waals surface area contributed by atoms with Crippen molar-refractivity contribution in [2.24, 2.45) is 0 Å². The lowest BCUT2D eigenvalue weighted by molar-refractivity contribution is -0.139. The van der Waals surface area contributed by atoms with Gasteiger partial charge in [-0.25, -0.2) is 0 Å². The SMILES string of the molecule is O=C(CN1CCc2ccccc2[C@H]1C(=O)N1CCCCC1)NC1CCCCCC1. The van der Waals surface area contributed by atoms with Gasteiger partial charge in [0.15, 0.2) is 0 Å². The topological polar surface area (TPSA) is 52.7 Å². The van der Waals surface area contributed by atoms with Crippen molar-refractivity contribution in [2.45, 2.75) is 76.3 Å². The summed E-state index contributed by atoms with van der Waals surface area (Å²) in [6.45, 7) is 2.77. The zero-order valence-electron chi connectivity index (χ0n) is 17.6. The molecule has 2 heterocycles. The molecule has 1 saturated carbocycles. The summed E-state index contributed by atoms with van der Waals surface area (Å²) in [6.07, 6.45) is 11.4. The molecular formula is C24H35N3O2. The van der Waals surface area contributed by atoms with Gasteiger partial charge in [0.2, 0.25) is 11.8 Å². The molecule has 1 aromatic rings. The molecule has 2 amide bonds. The number of hydrogen-bond acceptors (Lipinski definition) is 3. The molecule has 1 saturated heterocycles. The highest BCUT2D eigenvalue weighted by Gasteiger charge is 2.36. The van der Waals surface area contributed by atoms with Gasteiger partial charge in [0, 0.05) is 25.7 Å². The Bertz CT molecular complexity index is 706. The number of nitrogens with one attached hydrogen (secondary N) is 1. The van der Waals surface area contributed by atoms with E-state index < -0.39 is 0 Å². The van der Waals surface area contributed by atoms with E-state index in [1.54, 1.807) is 0 Å². The van der Waals surface area contributed by atoms with Crippen molar-refractivity contribution >= 4 is 11.8 Å². The number of piperidine rings is 1. The third-order valence-electron chi connectivity index (χ3n) is 6.85. The van der Waals surface area contributed by atoms with E-state index in [1.807, 2.05) is 11.0 Å². The molecule has 4 rings (SSSR count). The number of rotatable bonds is 4. The lowest BCUT2D eigenvalue weighted by Gasteiger charge is -2.39. The van der Waals surface area contributed by atoms with Crippen molar-refractivity contribution in [2.75, 3.05) is 26.2 Å². The molecule has 0 aromatic heterocycles. The first-order chi connectivity index (χ1) is 14.2. The highest BCUT2D eigenvalue weighted by molar-refractivity contribution is 5.85. The number of nitrogens with zero attached hydrogens (tertiary/aromatic N) is 2. The van der Waals surface area contributed by atoms with E-state index in [-0.39, 0.29) is 17.9 Å². The van der Waals surface area contributed by atoms with Crippen LogP contribution in [0.1, 0.15) is 75.0 Å². The van der Waals surface area contributed by atoms with Crippen LogP contribution in [0, 0.1) is 0 Å². The van der Waals surface area contributed by atoms with Crippen LogP contribution in [0.4, 0.5) is 0 Å². The Balaban J connectivity index is 1.48. The van der Waals surface area contributed by atoms with Crippen LogP contribution in [0.5, 0.6) is 0 Å². The minimum Gasteiger partial charge on any atom is -0.352 e. The summed E-state index contributed by atoms with van der Waals surface area (Å²) >= 11 is 0. The first-order valence-corrected chi connectivity index (χ1v) is 11.6. The number of carbonyl (C=O) groups excluding carboxylic acids is 2. The maximum absolute atomic E-state index is 13.5. The molecule has 2 fully saturated rings. The van der Waals surface area contributed by atoms with Gasteiger partial charge in [0.05, 0.1) is 6.54 Å². The Hall–Kier alpha value is -1.88. The van der Waals surface area contributed by atoms with Crippen molar-refractivity contribution in [3.63, 3.8) is 0 Å². The van der Waals surface area contributed by atoms with E-state index in [1.165, 1.54) is 37.7 Å². The standard InChI is InChI=1S/C24H35N3O2/c28-22(25-20-11-4-1-2-5-12-20)18-27-17-14-19-10-6-7-13-21(19)23(27)24(29)26-15-8-3-9-16-26/h6-7,10,13,20,23H,1-5,8-9,11-12,14-18H2,(H,25,28)/t23-/m0/s1. The molecule has 0 unspecified atom stereocenters. The molecule has 0 bridgehead atoms. The molecule has 1 aromatic carbocycles. The van der Waals surface area contributed by atoms with Crippen molar-refractivity contribution in [1.29, 1.82) is 0 Å². The van der Waals surface area contributed by atoms with Gasteiger partial charge in [0.25, 0.3) is 0 Å². The molecule has 1 aliphatic carbocycles. The Morgan fingerprint density at radius 2 is 1.59 bits per heavy atom. The lowest BCUT2D eigenvalue weighted by atomic mass is 9.91. The molecule has 3 aliphatic rings. The number of fused-ring (bicyclic) bond motifs is 1. The molecule has 5 heteroatoms. The third-order valence-corrected chi connectivity index (χ3v) is 6.85.